The number of fused-ring (bicyclic) bond motifs is 5. The number of aromatic nitrogens is 1. The lowest BCUT2D eigenvalue weighted by Gasteiger charge is -2.10. The molecule has 1 N–H and O–H groups in total. The van der Waals surface area contributed by atoms with Crippen LogP contribution in [-0.2, 0) is 0 Å². The standard InChI is InChI=1S/C28H19N/c1-2-7-19(8-3-1)20-13-15-21(16-14-20)23-11-6-9-22-17-18-25-24-10-4-5-12-26(24)29-28(25)27(22)23/h1-18,29H. The SMILES string of the molecule is c1ccc(-c2ccc(-c3cccc4ccc5c6ccccc6[nH]c5c34)cc2)cc1. The molecule has 1 heteroatoms. The number of H-pyrrole nitrogens is 1. The second-order valence-corrected chi connectivity index (χ2v) is 7.51. The van der Waals surface area contributed by atoms with Crippen molar-refractivity contribution in [3.05, 3.63) is 109 Å². The second-order valence-electron chi connectivity index (χ2n) is 7.51. The first-order valence-corrected chi connectivity index (χ1v) is 9.96. The lowest BCUT2D eigenvalue weighted by Crippen LogP contribution is -1.84. The van der Waals surface area contributed by atoms with E-state index in [9.17, 15) is 0 Å². The number of hydrogen-bond acceptors (Lipinski definition) is 0. The number of rotatable bonds is 2. The third-order valence-electron chi connectivity index (χ3n) is 5.83. The first-order valence-electron chi connectivity index (χ1n) is 9.96. The molecule has 1 heterocycles. The summed E-state index contributed by atoms with van der Waals surface area (Å²) in [6.45, 7) is 0. The molecule has 6 aromatic rings. The number of benzene rings is 5. The maximum absolute atomic E-state index is 3.67. The molecule has 1 aromatic heterocycles. The van der Waals surface area contributed by atoms with Gasteiger partial charge in [-0.25, -0.2) is 0 Å². The lowest BCUT2D eigenvalue weighted by atomic mass is 9.95. The van der Waals surface area contributed by atoms with Crippen LogP contribution in [-0.4, -0.2) is 4.98 Å². The molecule has 5 aromatic carbocycles. The van der Waals surface area contributed by atoms with Gasteiger partial charge in [-0.15, -0.1) is 0 Å². The van der Waals surface area contributed by atoms with Crippen molar-refractivity contribution in [1.29, 1.82) is 0 Å². The largest absolute Gasteiger partial charge is 0.354 e. The normalized spacial score (nSPS) is 11.4. The first kappa shape index (κ1) is 16.1. The van der Waals surface area contributed by atoms with Gasteiger partial charge in [0.25, 0.3) is 0 Å². The Bertz CT molecular complexity index is 1470. The third-order valence-corrected chi connectivity index (χ3v) is 5.83. The van der Waals surface area contributed by atoms with Gasteiger partial charge in [0.05, 0.1) is 5.52 Å². The van der Waals surface area contributed by atoms with E-state index in [1.54, 1.807) is 0 Å². The summed E-state index contributed by atoms with van der Waals surface area (Å²) >= 11 is 0. The molecule has 0 aliphatic carbocycles. The molecule has 0 amide bonds. The predicted octanol–water partition coefficient (Wildman–Crippen LogP) is 7.81. The molecule has 0 aliphatic heterocycles. The van der Waals surface area contributed by atoms with Crippen LogP contribution in [0, 0.1) is 0 Å². The van der Waals surface area contributed by atoms with Crippen LogP contribution in [0.25, 0.3) is 54.8 Å². The molecule has 136 valence electrons. The van der Waals surface area contributed by atoms with Crippen molar-refractivity contribution in [3.63, 3.8) is 0 Å². The number of aromatic amines is 1. The monoisotopic (exact) mass is 369 g/mol. The number of nitrogens with one attached hydrogen (secondary N) is 1. The number of hydrogen-bond donors (Lipinski definition) is 1. The van der Waals surface area contributed by atoms with Crippen molar-refractivity contribution < 1.29 is 0 Å². The van der Waals surface area contributed by atoms with Gasteiger partial charge in [-0.2, -0.15) is 0 Å². The Balaban J connectivity index is 1.59. The quantitative estimate of drug-likeness (QED) is 0.320. The van der Waals surface area contributed by atoms with Crippen LogP contribution in [0.4, 0.5) is 0 Å². The van der Waals surface area contributed by atoms with Crippen molar-refractivity contribution >= 4 is 32.6 Å². The van der Waals surface area contributed by atoms with E-state index in [-0.39, 0.29) is 0 Å². The van der Waals surface area contributed by atoms with Gasteiger partial charge in [0.1, 0.15) is 0 Å². The maximum atomic E-state index is 3.67. The Hall–Kier alpha value is -3.84. The van der Waals surface area contributed by atoms with E-state index in [0.29, 0.717) is 0 Å². The summed E-state index contributed by atoms with van der Waals surface area (Å²) < 4.78 is 0. The fourth-order valence-electron chi connectivity index (χ4n) is 4.41. The van der Waals surface area contributed by atoms with Crippen molar-refractivity contribution in [1.82, 2.24) is 4.98 Å². The Morgan fingerprint density at radius 3 is 2.03 bits per heavy atom. The molecular weight excluding hydrogens is 350 g/mol. The highest BCUT2D eigenvalue weighted by molar-refractivity contribution is 6.20. The smallest absolute Gasteiger partial charge is 0.0550 e. The minimum absolute atomic E-state index is 1.18. The zero-order valence-electron chi connectivity index (χ0n) is 15.9. The molecule has 0 saturated heterocycles. The molecule has 29 heavy (non-hydrogen) atoms. The van der Waals surface area contributed by atoms with Gasteiger partial charge in [0.15, 0.2) is 0 Å². The highest BCUT2D eigenvalue weighted by Gasteiger charge is 2.11. The van der Waals surface area contributed by atoms with Crippen molar-refractivity contribution in [2.24, 2.45) is 0 Å². The molecule has 0 radical (unpaired) electrons. The Labute approximate surface area is 169 Å². The van der Waals surface area contributed by atoms with Gasteiger partial charge < -0.3 is 4.98 Å². The zero-order chi connectivity index (χ0) is 19.2. The first-order chi connectivity index (χ1) is 14.4. The van der Waals surface area contributed by atoms with Crippen molar-refractivity contribution in [3.8, 4) is 22.3 Å². The molecule has 0 saturated carbocycles. The average Bonchev–Trinajstić information content (AvgIpc) is 3.18. The van der Waals surface area contributed by atoms with E-state index >= 15 is 0 Å². The minimum atomic E-state index is 1.18. The van der Waals surface area contributed by atoms with Crippen molar-refractivity contribution in [2.45, 2.75) is 0 Å². The average molecular weight is 369 g/mol. The van der Waals surface area contributed by atoms with E-state index in [2.05, 4.69) is 114 Å². The van der Waals surface area contributed by atoms with E-state index in [1.807, 2.05) is 0 Å². The van der Waals surface area contributed by atoms with E-state index < -0.39 is 0 Å². The van der Waals surface area contributed by atoms with Gasteiger partial charge in [-0.3, -0.25) is 0 Å². The number of para-hydroxylation sites is 1. The zero-order valence-corrected chi connectivity index (χ0v) is 15.9. The van der Waals surface area contributed by atoms with E-state index in [1.165, 1.54) is 54.8 Å². The van der Waals surface area contributed by atoms with E-state index in [4.69, 9.17) is 0 Å². The maximum Gasteiger partial charge on any atom is 0.0550 e. The molecule has 0 fully saturated rings. The van der Waals surface area contributed by atoms with Crippen LogP contribution in [0.15, 0.2) is 109 Å². The van der Waals surface area contributed by atoms with Crippen LogP contribution in [0.1, 0.15) is 0 Å². The summed E-state index contributed by atoms with van der Waals surface area (Å²) in [6, 6.07) is 39.0. The highest BCUT2D eigenvalue weighted by atomic mass is 14.7. The second kappa shape index (κ2) is 6.35. The van der Waals surface area contributed by atoms with Gasteiger partial charge in [0, 0.05) is 21.7 Å². The van der Waals surface area contributed by atoms with Crippen LogP contribution < -0.4 is 0 Å². The Morgan fingerprint density at radius 2 is 1.17 bits per heavy atom. The van der Waals surface area contributed by atoms with Gasteiger partial charge >= 0.3 is 0 Å². The molecule has 1 nitrogen and oxygen atoms in total. The van der Waals surface area contributed by atoms with Crippen molar-refractivity contribution in [2.75, 3.05) is 0 Å². The lowest BCUT2D eigenvalue weighted by molar-refractivity contribution is 1.56. The molecule has 0 bridgehead atoms. The minimum Gasteiger partial charge on any atom is -0.354 e. The van der Waals surface area contributed by atoms with Crippen LogP contribution in [0.2, 0.25) is 0 Å². The Kier molecular flexibility index (Phi) is 3.54. The molecular formula is C28H19N. The highest BCUT2D eigenvalue weighted by Crippen LogP contribution is 2.37. The third kappa shape index (κ3) is 2.55. The van der Waals surface area contributed by atoms with Gasteiger partial charge in [-0.1, -0.05) is 103 Å². The van der Waals surface area contributed by atoms with E-state index in [0.717, 1.165) is 0 Å². The van der Waals surface area contributed by atoms with Gasteiger partial charge in [0.2, 0.25) is 0 Å². The molecule has 0 aliphatic rings. The summed E-state index contributed by atoms with van der Waals surface area (Å²) in [4.78, 5) is 3.67. The topological polar surface area (TPSA) is 15.8 Å². The fraction of sp³-hybridized carbons (Fsp3) is 0. The van der Waals surface area contributed by atoms with Gasteiger partial charge in [-0.05, 0) is 33.7 Å². The fourth-order valence-corrected chi connectivity index (χ4v) is 4.41. The molecule has 6 rings (SSSR count). The van der Waals surface area contributed by atoms with Crippen LogP contribution in [0.5, 0.6) is 0 Å². The predicted molar refractivity (Wildman–Crippen MR) is 124 cm³/mol. The van der Waals surface area contributed by atoms with Crippen LogP contribution >= 0.6 is 0 Å². The summed E-state index contributed by atoms with van der Waals surface area (Å²) in [5, 5.41) is 5.10. The Morgan fingerprint density at radius 1 is 0.448 bits per heavy atom. The summed E-state index contributed by atoms with van der Waals surface area (Å²) in [5.41, 5.74) is 7.39. The molecule has 0 spiro atoms. The summed E-state index contributed by atoms with van der Waals surface area (Å²) in [7, 11) is 0. The summed E-state index contributed by atoms with van der Waals surface area (Å²) in [6.07, 6.45) is 0. The molecule has 0 unspecified atom stereocenters. The molecule has 0 atom stereocenters. The summed E-state index contributed by atoms with van der Waals surface area (Å²) in [5.74, 6) is 0. The van der Waals surface area contributed by atoms with Crippen LogP contribution in [0.3, 0.4) is 0 Å².